The van der Waals surface area contributed by atoms with E-state index in [1.807, 2.05) is 42.5 Å². The molecule has 1 aliphatic rings. The van der Waals surface area contributed by atoms with Gasteiger partial charge >= 0.3 is 5.97 Å². The smallest absolute Gasteiger partial charge is 0.338 e. The molecule has 0 bridgehead atoms. The topological polar surface area (TPSA) is 80.8 Å². The third-order valence-corrected chi connectivity index (χ3v) is 6.27. The summed E-state index contributed by atoms with van der Waals surface area (Å²) in [6, 6.07) is 27.7. The number of Topliss-reactive ketones (excluding diaryl/α,β-unsaturated/α-hetero) is 1. The van der Waals surface area contributed by atoms with E-state index >= 15 is 0 Å². The first-order valence-electron chi connectivity index (χ1n) is 11.1. The molecule has 36 heavy (non-hydrogen) atoms. The van der Waals surface area contributed by atoms with E-state index in [2.05, 4.69) is 12.6 Å². The first-order chi connectivity index (χ1) is 17.4. The molecule has 0 radical (unpaired) electrons. The molecule has 1 heterocycles. The van der Waals surface area contributed by atoms with Crippen molar-refractivity contribution < 1.29 is 23.9 Å². The number of esters is 1. The maximum absolute atomic E-state index is 13.0. The van der Waals surface area contributed by atoms with Gasteiger partial charge < -0.3 is 4.74 Å². The second-order valence-corrected chi connectivity index (χ2v) is 8.62. The number of hydrogen-bond acceptors (Lipinski definition) is 6. The molecule has 0 N–H and O–H groups in total. The molecule has 2 amide bonds. The molecule has 0 saturated heterocycles. The Morgan fingerprint density at radius 1 is 0.694 bits per heavy atom. The van der Waals surface area contributed by atoms with E-state index in [1.54, 1.807) is 36.4 Å². The number of rotatable bonds is 6. The maximum atomic E-state index is 13.0. The van der Waals surface area contributed by atoms with Crippen molar-refractivity contribution in [3.8, 4) is 11.1 Å². The fourth-order valence-corrected chi connectivity index (χ4v) is 4.28. The zero-order valence-electron chi connectivity index (χ0n) is 18.9. The lowest BCUT2D eigenvalue weighted by atomic mass is 10.0. The Labute approximate surface area is 212 Å². The van der Waals surface area contributed by atoms with Crippen molar-refractivity contribution in [2.45, 2.75) is 4.90 Å². The molecule has 4 aromatic carbocycles. The third kappa shape index (κ3) is 4.32. The van der Waals surface area contributed by atoms with E-state index in [9.17, 15) is 19.2 Å². The van der Waals surface area contributed by atoms with Crippen molar-refractivity contribution >= 4 is 41.9 Å². The van der Waals surface area contributed by atoms with Gasteiger partial charge in [0.15, 0.2) is 12.4 Å². The molecule has 0 spiro atoms. The molecule has 7 heteroatoms. The number of nitrogens with zero attached hydrogens (tertiary/aromatic N) is 1. The van der Waals surface area contributed by atoms with Crippen LogP contribution in [0.5, 0.6) is 0 Å². The van der Waals surface area contributed by atoms with E-state index < -0.39 is 24.4 Å². The normalized spacial score (nSPS) is 12.4. The Morgan fingerprint density at radius 3 is 2.03 bits per heavy atom. The highest BCUT2D eigenvalue weighted by atomic mass is 32.1. The molecule has 176 valence electrons. The molecule has 0 aliphatic carbocycles. The minimum Gasteiger partial charge on any atom is -0.454 e. The van der Waals surface area contributed by atoms with Crippen molar-refractivity contribution in [3.63, 3.8) is 0 Å². The average molecular weight is 494 g/mol. The van der Waals surface area contributed by atoms with Crippen LogP contribution < -0.4 is 4.90 Å². The fourth-order valence-electron chi connectivity index (χ4n) is 4.02. The summed E-state index contributed by atoms with van der Waals surface area (Å²) in [5, 5.41) is 0. The first-order valence-corrected chi connectivity index (χ1v) is 11.6. The minimum absolute atomic E-state index is 0.0723. The number of carbonyl (C=O) groups is 4. The van der Waals surface area contributed by atoms with Gasteiger partial charge in [0.2, 0.25) is 0 Å². The lowest BCUT2D eigenvalue weighted by Crippen LogP contribution is -2.29. The number of benzene rings is 4. The van der Waals surface area contributed by atoms with Crippen LogP contribution in [0.2, 0.25) is 0 Å². The molecule has 0 fully saturated rings. The summed E-state index contributed by atoms with van der Waals surface area (Å²) in [5.41, 5.74) is 3.12. The second kappa shape index (κ2) is 9.64. The van der Waals surface area contributed by atoms with E-state index in [0.29, 0.717) is 16.1 Å². The SMILES string of the molecule is O=C(COC(=O)c1ccc2c(c1)C(=O)N(c1ccccc1S)C2=O)c1ccc(-c2ccccc2)cc1. The van der Waals surface area contributed by atoms with E-state index in [4.69, 9.17) is 4.74 Å². The van der Waals surface area contributed by atoms with Crippen LogP contribution in [0, 0.1) is 0 Å². The predicted molar refractivity (Wildman–Crippen MR) is 138 cm³/mol. The maximum Gasteiger partial charge on any atom is 0.338 e. The minimum atomic E-state index is -0.764. The third-order valence-electron chi connectivity index (χ3n) is 5.89. The van der Waals surface area contributed by atoms with Crippen molar-refractivity contribution in [1.82, 2.24) is 0 Å². The molecular weight excluding hydrogens is 474 g/mol. The first kappa shape index (κ1) is 23.3. The molecule has 4 aromatic rings. The van der Waals surface area contributed by atoms with Crippen molar-refractivity contribution in [2.75, 3.05) is 11.5 Å². The summed E-state index contributed by atoms with van der Waals surface area (Å²) in [6.45, 7) is -0.452. The molecule has 0 aromatic heterocycles. The molecule has 0 saturated carbocycles. The zero-order valence-corrected chi connectivity index (χ0v) is 19.8. The standard InChI is InChI=1S/C29H19NO5S/c31-25(20-12-10-19(11-13-20)18-6-2-1-3-7-18)17-35-29(34)21-14-15-22-23(16-21)28(33)30(27(22)32)24-8-4-5-9-26(24)36/h1-16,36H,17H2. The zero-order chi connectivity index (χ0) is 25.2. The number of fused-ring (bicyclic) bond motifs is 1. The Hall–Kier alpha value is -4.49. The summed E-state index contributed by atoms with van der Waals surface area (Å²) >= 11 is 4.33. The fraction of sp³-hybridized carbons (Fsp3) is 0.0345. The largest absolute Gasteiger partial charge is 0.454 e. The van der Waals surface area contributed by atoms with Crippen LogP contribution in [0.15, 0.2) is 102 Å². The molecular formula is C29H19NO5S. The van der Waals surface area contributed by atoms with Gasteiger partial charge in [0.1, 0.15) is 0 Å². The van der Waals surface area contributed by atoms with Crippen LogP contribution in [0.4, 0.5) is 5.69 Å². The van der Waals surface area contributed by atoms with Gasteiger partial charge in [-0.15, -0.1) is 12.6 Å². The van der Waals surface area contributed by atoms with Crippen LogP contribution in [0.3, 0.4) is 0 Å². The molecule has 0 unspecified atom stereocenters. The summed E-state index contributed by atoms with van der Waals surface area (Å²) in [5.74, 6) is -2.17. The molecule has 0 atom stereocenters. The van der Waals surface area contributed by atoms with Crippen LogP contribution in [-0.2, 0) is 4.74 Å². The number of amides is 2. The highest BCUT2D eigenvalue weighted by molar-refractivity contribution is 7.80. The van der Waals surface area contributed by atoms with Crippen LogP contribution in [0.25, 0.3) is 11.1 Å². The number of thiol groups is 1. The molecule has 5 rings (SSSR count). The van der Waals surface area contributed by atoms with Crippen molar-refractivity contribution in [3.05, 3.63) is 119 Å². The van der Waals surface area contributed by atoms with Crippen molar-refractivity contribution in [2.24, 2.45) is 0 Å². The van der Waals surface area contributed by atoms with Crippen molar-refractivity contribution in [1.29, 1.82) is 0 Å². The van der Waals surface area contributed by atoms with Gasteiger partial charge in [0.25, 0.3) is 11.8 Å². The number of imide groups is 1. The monoisotopic (exact) mass is 493 g/mol. The molecule has 6 nitrogen and oxygen atoms in total. The van der Waals surface area contributed by atoms with E-state index in [-0.39, 0.29) is 22.5 Å². The Balaban J connectivity index is 1.27. The van der Waals surface area contributed by atoms with Gasteiger partial charge in [-0.3, -0.25) is 14.4 Å². The number of anilines is 1. The van der Waals surface area contributed by atoms with Gasteiger partial charge in [-0.2, -0.15) is 0 Å². The lowest BCUT2D eigenvalue weighted by molar-refractivity contribution is 0.0474. The average Bonchev–Trinajstić information content (AvgIpc) is 3.17. The summed E-state index contributed by atoms with van der Waals surface area (Å²) < 4.78 is 5.20. The van der Waals surface area contributed by atoms with Crippen LogP contribution in [0.1, 0.15) is 41.4 Å². The number of carbonyl (C=O) groups excluding carboxylic acids is 4. The summed E-state index contributed by atoms with van der Waals surface area (Å²) in [7, 11) is 0. The number of ketones is 1. The Morgan fingerprint density at radius 2 is 1.31 bits per heavy atom. The van der Waals surface area contributed by atoms with Gasteiger partial charge in [-0.25, -0.2) is 9.69 Å². The molecule has 1 aliphatic heterocycles. The van der Waals surface area contributed by atoms with E-state index in [1.165, 1.54) is 18.2 Å². The number of hydrogen-bond donors (Lipinski definition) is 1. The highest BCUT2D eigenvalue weighted by Gasteiger charge is 2.38. The number of ether oxygens (including phenoxy) is 1. The van der Waals surface area contributed by atoms with Gasteiger partial charge in [0, 0.05) is 10.5 Å². The Bertz CT molecular complexity index is 1510. The number of para-hydroxylation sites is 1. The lowest BCUT2D eigenvalue weighted by Gasteiger charge is -2.15. The summed E-state index contributed by atoms with van der Waals surface area (Å²) in [6.07, 6.45) is 0. The quantitative estimate of drug-likeness (QED) is 0.166. The van der Waals surface area contributed by atoms with E-state index in [0.717, 1.165) is 16.0 Å². The van der Waals surface area contributed by atoms with Gasteiger partial charge in [-0.05, 0) is 41.5 Å². The second-order valence-electron chi connectivity index (χ2n) is 8.14. The highest BCUT2D eigenvalue weighted by Crippen LogP contribution is 2.32. The Kier molecular flexibility index (Phi) is 6.23. The summed E-state index contributed by atoms with van der Waals surface area (Å²) in [4.78, 5) is 52.5. The van der Waals surface area contributed by atoms with Gasteiger partial charge in [-0.1, -0.05) is 66.7 Å². The van der Waals surface area contributed by atoms with Crippen LogP contribution >= 0.6 is 12.6 Å². The van der Waals surface area contributed by atoms with Crippen LogP contribution in [-0.4, -0.2) is 30.2 Å². The van der Waals surface area contributed by atoms with Gasteiger partial charge in [0.05, 0.1) is 22.4 Å². The predicted octanol–water partition coefficient (Wildman–Crippen LogP) is 5.48.